The third kappa shape index (κ3) is 4.83. The van der Waals surface area contributed by atoms with Crippen molar-refractivity contribution in [2.75, 3.05) is 7.11 Å². The molecule has 0 atom stereocenters. The standard InChI is InChI=1S/C27H18ClF4N3O3S/c1-14-4-3-9-34-23(14)35(13-17-12-33-26(28)39-17)25(37)22(24(34)36)15-5-8-21(38-2)19(10-15)18-11-16(27(30,31)32)6-7-20(18)29/h3-12H,13H2,1-2H3/p+1. The molecule has 0 aliphatic rings. The van der Waals surface area contributed by atoms with Gasteiger partial charge in [-0.25, -0.2) is 14.2 Å². The van der Waals surface area contributed by atoms with Crippen LogP contribution in [0.1, 0.15) is 16.0 Å². The van der Waals surface area contributed by atoms with Crippen LogP contribution < -0.4 is 14.9 Å². The predicted octanol–water partition coefficient (Wildman–Crippen LogP) is 6.26. The number of thiazole rings is 1. The molecular weight excluding hydrogens is 558 g/mol. The maximum absolute atomic E-state index is 14.9. The number of ether oxygens (including phenoxy) is 1. The van der Waals surface area contributed by atoms with Crippen LogP contribution in [0.25, 0.3) is 27.9 Å². The highest BCUT2D eigenvalue weighted by Crippen LogP contribution is 2.39. The number of aryl methyl sites for hydroxylation is 1. The highest BCUT2D eigenvalue weighted by molar-refractivity contribution is 7.15. The van der Waals surface area contributed by atoms with Crippen molar-refractivity contribution < 1.29 is 32.0 Å². The van der Waals surface area contributed by atoms with Crippen molar-refractivity contribution in [1.29, 1.82) is 0 Å². The monoisotopic (exact) mass is 576 g/mol. The molecule has 3 aromatic heterocycles. The second kappa shape index (κ2) is 9.97. The van der Waals surface area contributed by atoms with Gasteiger partial charge in [-0.2, -0.15) is 22.1 Å². The summed E-state index contributed by atoms with van der Waals surface area (Å²) < 4.78 is 63.6. The Balaban J connectivity index is 1.78. The summed E-state index contributed by atoms with van der Waals surface area (Å²) in [5, 5.41) is 11.5. The molecule has 0 radical (unpaired) electrons. The number of fused-ring (bicyclic) bond motifs is 1. The van der Waals surface area contributed by atoms with Crippen molar-refractivity contribution in [3.63, 3.8) is 0 Å². The van der Waals surface area contributed by atoms with Gasteiger partial charge in [0.25, 0.3) is 11.5 Å². The molecule has 1 N–H and O–H groups in total. The third-order valence-corrected chi connectivity index (χ3v) is 7.34. The van der Waals surface area contributed by atoms with E-state index in [1.165, 1.54) is 45.6 Å². The van der Waals surface area contributed by atoms with Gasteiger partial charge in [0.15, 0.2) is 10.0 Å². The van der Waals surface area contributed by atoms with Crippen LogP contribution >= 0.6 is 22.9 Å². The Morgan fingerprint density at radius 2 is 1.92 bits per heavy atom. The number of alkyl halides is 3. The van der Waals surface area contributed by atoms with Gasteiger partial charge in [0, 0.05) is 22.9 Å². The molecule has 0 aliphatic carbocycles. The number of halogens is 5. The molecule has 6 nitrogen and oxygen atoms in total. The van der Waals surface area contributed by atoms with E-state index in [9.17, 15) is 27.5 Å². The quantitative estimate of drug-likeness (QED) is 0.198. The van der Waals surface area contributed by atoms with E-state index in [1.54, 1.807) is 31.5 Å². The molecular formula is C27H19ClF4N3O3S+. The Labute approximate surface area is 228 Å². The Kier molecular flexibility index (Phi) is 6.81. The first-order valence-electron chi connectivity index (χ1n) is 11.4. The summed E-state index contributed by atoms with van der Waals surface area (Å²) in [4.78, 5) is 18.4. The second-order valence-electron chi connectivity index (χ2n) is 8.66. The predicted molar refractivity (Wildman–Crippen MR) is 139 cm³/mol. The number of hydrogen-bond donors (Lipinski definition) is 1. The Hall–Kier alpha value is -3.96. The van der Waals surface area contributed by atoms with E-state index < -0.39 is 23.1 Å². The largest absolute Gasteiger partial charge is 0.496 e. The van der Waals surface area contributed by atoms with Crippen LogP contribution in [0.3, 0.4) is 0 Å². The number of methoxy groups -OCH3 is 1. The minimum Gasteiger partial charge on any atom is -0.496 e. The molecule has 0 amide bonds. The highest BCUT2D eigenvalue weighted by atomic mass is 35.5. The number of nitrogens with zero attached hydrogens (tertiary/aromatic N) is 3. The zero-order chi connectivity index (χ0) is 28.1. The zero-order valence-corrected chi connectivity index (χ0v) is 22.0. The van der Waals surface area contributed by atoms with Crippen LogP contribution in [0.4, 0.5) is 17.6 Å². The SMILES string of the molecule is COc1ccc(-c2c(O)[n+](Cc3cnc(Cl)s3)c3c(C)cccn3c2=O)cc1-c1cc(C(F)(F)F)ccc1F. The fourth-order valence-corrected chi connectivity index (χ4v) is 5.43. The first-order chi connectivity index (χ1) is 18.5. The summed E-state index contributed by atoms with van der Waals surface area (Å²) in [6, 6.07) is 9.71. The van der Waals surface area contributed by atoms with E-state index in [-0.39, 0.29) is 40.4 Å². The Bertz CT molecular complexity index is 1800. The van der Waals surface area contributed by atoms with Crippen LogP contribution in [0.15, 0.2) is 65.7 Å². The molecule has 0 saturated heterocycles. The van der Waals surface area contributed by atoms with Gasteiger partial charge in [0.1, 0.15) is 18.1 Å². The minimum atomic E-state index is -4.70. The van der Waals surface area contributed by atoms with Gasteiger partial charge < -0.3 is 9.84 Å². The summed E-state index contributed by atoms with van der Waals surface area (Å²) in [5.74, 6) is -1.22. The molecule has 0 bridgehead atoms. The Morgan fingerprint density at radius 1 is 1.15 bits per heavy atom. The van der Waals surface area contributed by atoms with Gasteiger partial charge in [-0.15, -0.1) is 11.3 Å². The molecule has 0 aliphatic heterocycles. The zero-order valence-electron chi connectivity index (χ0n) is 20.4. The lowest BCUT2D eigenvalue weighted by Crippen LogP contribution is -2.41. The molecule has 39 heavy (non-hydrogen) atoms. The second-order valence-corrected chi connectivity index (χ2v) is 10.4. The van der Waals surface area contributed by atoms with E-state index >= 15 is 0 Å². The van der Waals surface area contributed by atoms with E-state index in [4.69, 9.17) is 16.3 Å². The smallest absolute Gasteiger partial charge is 0.416 e. The number of rotatable bonds is 5. The van der Waals surface area contributed by atoms with E-state index in [1.807, 2.05) is 0 Å². The van der Waals surface area contributed by atoms with Crippen molar-refractivity contribution in [3.8, 4) is 33.9 Å². The van der Waals surface area contributed by atoms with Crippen molar-refractivity contribution in [3.05, 3.63) is 97.6 Å². The van der Waals surface area contributed by atoms with Gasteiger partial charge in [-0.05, 0) is 55.0 Å². The Morgan fingerprint density at radius 3 is 2.59 bits per heavy atom. The van der Waals surface area contributed by atoms with Crippen molar-refractivity contribution >= 4 is 28.6 Å². The lowest BCUT2D eigenvalue weighted by Gasteiger charge is -2.15. The van der Waals surface area contributed by atoms with E-state index in [0.29, 0.717) is 32.7 Å². The molecule has 0 unspecified atom stereocenters. The first-order valence-corrected chi connectivity index (χ1v) is 12.6. The van der Waals surface area contributed by atoms with Crippen LogP contribution in [-0.4, -0.2) is 21.6 Å². The molecule has 5 rings (SSSR count). The molecule has 2 aromatic carbocycles. The highest BCUT2D eigenvalue weighted by Gasteiger charge is 2.32. The lowest BCUT2D eigenvalue weighted by atomic mass is 9.97. The van der Waals surface area contributed by atoms with Gasteiger partial charge in [0.05, 0.1) is 23.7 Å². The fourth-order valence-electron chi connectivity index (χ4n) is 4.46. The summed E-state index contributed by atoms with van der Waals surface area (Å²) >= 11 is 7.20. The maximum Gasteiger partial charge on any atom is 0.416 e. The van der Waals surface area contributed by atoms with Gasteiger partial charge >= 0.3 is 11.7 Å². The maximum atomic E-state index is 14.9. The third-order valence-electron chi connectivity index (χ3n) is 6.24. The summed E-state index contributed by atoms with van der Waals surface area (Å²) in [5.41, 5.74) is -0.872. The summed E-state index contributed by atoms with van der Waals surface area (Å²) in [6.07, 6.45) is -1.60. The number of benzene rings is 2. The number of pyridine rings is 1. The van der Waals surface area contributed by atoms with Gasteiger partial charge in [-0.3, -0.25) is 0 Å². The topological polar surface area (TPSA) is 67.7 Å². The van der Waals surface area contributed by atoms with Crippen LogP contribution in [-0.2, 0) is 12.7 Å². The first kappa shape index (κ1) is 26.6. The molecule has 0 saturated carbocycles. The summed E-state index contributed by atoms with van der Waals surface area (Å²) in [6.45, 7) is 1.91. The normalized spacial score (nSPS) is 11.8. The van der Waals surface area contributed by atoms with Crippen LogP contribution in [0, 0.1) is 12.7 Å². The van der Waals surface area contributed by atoms with Crippen LogP contribution in [0.2, 0.25) is 4.47 Å². The lowest BCUT2D eigenvalue weighted by molar-refractivity contribution is -0.671. The average Bonchev–Trinajstić information content (AvgIpc) is 3.30. The fraction of sp³-hybridized carbons (Fsp3) is 0.148. The van der Waals surface area contributed by atoms with Crippen molar-refractivity contribution in [2.24, 2.45) is 0 Å². The van der Waals surface area contributed by atoms with Crippen molar-refractivity contribution in [2.45, 2.75) is 19.6 Å². The van der Waals surface area contributed by atoms with Gasteiger partial charge in [-0.1, -0.05) is 17.7 Å². The number of aromatic nitrogens is 3. The molecule has 0 fully saturated rings. The van der Waals surface area contributed by atoms with Gasteiger partial charge in [0.2, 0.25) is 0 Å². The van der Waals surface area contributed by atoms with Crippen molar-refractivity contribution in [1.82, 2.24) is 9.38 Å². The molecule has 12 heteroatoms. The minimum absolute atomic E-state index is 0.0208. The van der Waals surface area contributed by atoms with E-state index in [2.05, 4.69) is 4.98 Å². The molecule has 0 spiro atoms. The molecule has 200 valence electrons. The molecule has 3 heterocycles. The number of aromatic hydroxyl groups is 1. The molecule has 5 aromatic rings. The average molecular weight is 577 g/mol. The number of hydrogen-bond acceptors (Lipinski definition) is 5. The van der Waals surface area contributed by atoms with Crippen LogP contribution in [0.5, 0.6) is 11.6 Å². The summed E-state index contributed by atoms with van der Waals surface area (Å²) in [7, 11) is 1.29. The van der Waals surface area contributed by atoms with E-state index in [0.717, 1.165) is 6.07 Å².